The molecule has 1 heterocycles. The molecule has 1 atom stereocenters. The summed E-state index contributed by atoms with van der Waals surface area (Å²) in [5.41, 5.74) is 0. The van der Waals surface area contributed by atoms with Gasteiger partial charge in [0.25, 0.3) is 0 Å². The number of ether oxygens (including phenoxy) is 1. The molecule has 6 nitrogen and oxygen atoms in total. The van der Waals surface area contributed by atoms with Crippen LogP contribution in [0.5, 0.6) is 0 Å². The van der Waals surface area contributed by atoms with E-state index in [0.29, 0.717) is 5.92 Å². The van der Waals surface area contributed by atoms with Crippen LogP contribution >= 0.6 is 0 Å². The Labute approximate surface area is 109 Å². The van der Waals surface area contributed by atoms with Gasteiger partial charge in [-0.3, -0.25) is 0 Å². The second kappa shape index (κ2) is 8.16. The Balaban J connectivity index is 2.31. The molecule has 0 radical (unpaired) electrons. The molecule has 0 aromatic carbocycles. The minimum atomic E-state index is 0.182. The fourth-order valence-electron chi connectivity index (χ4n) is 1.71. The van der Waals surface area contributed by atoms with Gasteiger partial charge in [-0.25, -0.2) is 4.68 Å². The first-order valence-corrected chi connectivity index (χ1v) is 6.72. The minimum absolute atomic E-state index is 0.182. The van der Waals surface area contributed by atoms with Crippen molar-refractivity contribution in [3.05, 3.63) is 5.82 Å². The van der Waals surface area contributed by atoms with Gasteiger partial charge in [0.05, 0.1) is 6.04 Å². The number of hydrogen-bond donors (Lipinski definition) is 1. The smallest absolute Gasteiger partial charge is 0.167 e. The fourth-order valence-corrected chi connectivity index (χ4v) is 1.71. The Morgan fingerprint density at radius 2 is 2.11 bits per heavy atom. The first-order chi connectivity index (χ1) is 8.65. The van der Waals surface area contributed by atoms with Gasteiger partial charge in [-0.1, -0.05) is 20.8 Å². The predicted octanol–water partition coefficient (Wildman–Crippen LogP) is 1.41. The van der Waals surface area contributed by atoms with E-state index in [4.69, 9.17) is 4.74 Å². The molecule has 1 aromatic heterocycles. The summed E-state index contributed by atoms with van der Waals surface area (Å²) in [4.78, 5) is 0. The molecule has 6 heteroatoms. The van der Waals surface area contributed by atoms with Crippen molar-refractivity contribution in [2.24, 2.45) is 5.92 Å². The Bertz CT molecular complexity index is 326. The number of tetrazole rings is 1. The van der Waals surface area contributed by atoms with Gasteiger partial charge in [0.2, 0.25) is 0 Å². The molecular formula is C12H25N5O. The first-order valence-electron chi connectivity index (χ1n) is 6.72. The predicted molar refractivity (Wildman–Crippen MR) is 70.2 cm³/mol. The van der Waals surface area contributed by atoms with Gasteiger partial charge in [-0.15, -0.1) is 5.10 Å². The van der Waals surface area contributed by atoms with Crippen molar-refractivity contribution < 1.29 is 4.74 Å². The summed E-state index contributed by atoms with van der Waals surface area (Å²) in [6.45, 7) is 11.7. The Morgan fingerprint density at radius 1 is 1.33 bits per heavy atom. The average molecular weight is 255 g/mol. The molecule has 1 aromatic rings. The molecular weight excluding hydrogens is 230 g/mol. The lowest BCUT2D eigenvalue weighted by atomic mass is 10.2. The summed E-state index contributed by atoms with van der Waals surface area (Å²) in [6, 6.07) is 0.182. The van der Waals surface area contributed by atoms with E-state index >= 15 is 0 Å². The van der Waals surface area contributed by atoms with E-state index in [2.05, 4.69) is 48.5 Å². The zero-order valence-corrected chi connectivity index (χ0v) is 11.9. The number of aromatic nitrogens is 4. The second-order valence-corrected chi connectivity index (χ2v) is 4.86. The highest BCUT2D eigenvalue weighted by Crippen LogP contribution is 2.07. The molecule has 104 valence electrons. The third-order valence-electron chi connectivity index (χ3n) is 2.57. The van der Waals surface area contributed by atoms with Crippen LogP contribution in [0.4, 0.5) is 0 Å². The molecule has 0 fully saturated rings. The molecule has 0 aliphatic rings. The van der Waals surface area contributed by atoms with Crippen molar-refractivity contribution in [2.75, 3.05) is 19.8 Å². The summed E-state index contributed by atoms with van der Waals surface area (Å²) in [6.07, 6.45) is 0.934. The van der Waals surface area contributed by atoms with Crippen LogP contribution in [0, 0.1) is 5.92 Å². The van der Waals surface area contributed by atoms with E-state index in [1.807, 2.05) is 4.68 Å². The van der Waals surface area contributed by atoms with Crippen LogP contribution in [0.25, 0.3) is 0 Å². The van der Waals surface area contributed by atoms with Gasteiger partial charge in [-0.05, 0) is 36.2 Å². The van der Waals surface area contributed by atoms with E-state index < -0.39 is 0 Å². The topological polar surface area (TPSA) is 64.9 Å². The molecule has 1 rings (SSSR count). The molecule has 0 amide bonds. The quantitative estimate of drug-likeness (QED) is 0.676. The van der Waals surface area contributed by atoms with Crippen molar-refractivity contribution >= 4 is 0 Å². The summed E-state index contributed by atoms with van der Waals surface area (Å²) in [5.74, 6) is 1.48. The molecule has 0 saturated heterocycles. The largest absolute Gasteiger partial charge is 0.381 e. The third-order valence-corrected chi connectivity index (χ3v) is 2.57. The monoisotopic (exact) mass is 255 g/mol. The molecule has 0 aliphatic heterocycles. The van der Waals surface area contributed by atoms with E-state index in [9.17, 15) is 0 Å². The maximum Gasteiger partial charge on any atom is 0.167 e. The summed E-state index contributed by atoms with van der Waals surface area (Å²) in [7, 11) is 0. The third kappa shape index (κ3) is 5.10. The maximum atomic E-state index is 5.54. The number of nitrogens with one attached hydrogen (secondary N) is 1. The number of aryl methyl sites for hydroxylation is 1. The SMILES string of the molecule is CCNC(C)c1nnnn1CCCOCC(C)C. The average Bonchev–Trinajstić information content (AvgIpc) is 2.77. The standard InChI is InChI=1S/C12H25N5O/c1-5-13-11(4)12-14-15-16-17(12)7-6-8-18-9-10(2)3/h10-11,13H,5-9H2,1-4H3. The Kier molecular flexibility index (Phi) is 6.82. The van der Waals surface area contributed by atoms with Gasteiger partial charge in [0.1, 0.15) is 0 Å². The van der Waals surface area contributed by atoms with E-state index in [1.54, 1.807) is 0 Å². The summed E-state index contributed by atoms with van der Waals surface area (Å²) in [5, 5.41) is 15.1. The van der Waals surface area contributed by atoms with Gasteiger partial charge < -0.3 is 10.1 Å². The van der Waals surface area contributed by atoms with Crippen LogP contribution in [0.2, 0.25) is 0 Å². The van der Waals surface area contributed by atoms with Crippen molar-refractivity contribution in [2.45, 2.75) is 46.7 Å². The number of nitrogens with zero attached hydrogens (tertiary/aromatic N) is 4. The van der Waals surface area contributed by atoms with Crippen LogP contribution in [-0.4, -0.2) is 40.0 Å². The van der Waals surface area contributed by atoms with Crippen LogP contribution in [0.3, 0.4) is 0 Å². The zero-order valence-electron chi connectivity index (χ0n) is 11.9. The Hall–Kier alpha value is -1.01. The van der Waals surface area contributed by atoms with Crippen LogP contribution < -0.4 is 5.32 Å². The van der Waals surface area contributed by atoms with Gasteiger partial charge >= 0.3 is 0 Å². The second-order valence-electron chi connectivity index (χ2n) is 4.86. The van der Waals surface area contributed by atoms with Crippen molar-refractivity contribution in [3.63, 3.8) is 0 Å². The molecule has 0 bridgehead atoms. The zero-order chi connectivity index (χ0) is 13.4. The molecule has 18 heavy (non-hydrogen) atoms. The number of rotatable bonds is 9. The normalized spacial score (nSPS) is 13.2. The molecule has 0 spiro atoms. The van der Waals surface area contributed by atoms with Crippen LogP contribution in [0.15, 0.2) is 0 Å². The van der Waals surface area contributed by atoms with Gasteiger partial charge in [0.15, 0.2) is 5.82 Å². The highest BCUT2D eigenvalue weighted by Gasteiger charge is 2.12. The maximum absolute atomic E-state index is 5.54. The Morgan fingerprint density at radius 3 is 2.78 bits per heavy atom. The summed E-state index contributed by atoms with van der Waals surface area (Å²) >= 11 is 0. The lowest BCUT2D eigenvalue weighted by Crippen LogP contribution is -2.22. The molecule has 1 N–H and O–H groups in total. The van der Waals surface area contributed by atoms with Gasteiger partial charge in [-0.2, -0.15) is 0 Å². The molecule has 0 saturated carbocycles. The minimum Gasteiger partial charge on any atom is -0.381 e. The van der Waals surface area contributed by atoms with Gasteiger partial charge in [0, 0.05) is 19.8 Å². The number of hydrogen-bond acceptors (Lipinski definition) is 5. The van der Waals surface area contributed by atoms with Crippen LogP contribution in [-0.2, 0) is 11.3 Å². The lowest BCUT2D eigenvalue weighted by molar-refractivity contribution is 0.104. The molecule has 1 unspecified atom stereocenters. The van der Waals surface area contributed by atoms with Crippen molar-refractivity contribution in [3.8, 4) is 0 Å². The van der Waals surface area contributed by atoms with E-state index in [1.165, 1.54) is 0 Å². The lowest BCUT2D eigenvalue weighted by Gasteiger charge is -2.12. The van der Waals surface area contributed by atoms with Crippen LogP contribution in [0.1, 0.15) is 46.0 Å². The van der Waals surface area contributed by atoms with E-state index in [0.717, 1.165) is 38.5 Å². The highest BCUT2D eigenvalue weighted by molar-refractivity contribution is 4.89. The first kappa shape index (κ1) is 15.0. The summed E-state index contributed by atoms with van der Waals surface area (Å²) < 4.78 is 7.40. The highest BCUT2D eigenvalue weighted by atomic mass is 16.5. The van der Waals surface area contributed by atoms with Crippen molar-refractivity contribution in [1.82, 2.24) is 25.5 Å². The fraction of sp³-hybridized carbons (Fsp3) is 0.917. The molecule has 0 aliphatic carbocycles. The van der Waals surface area contributed by atoms with Crippen molar-refractivity contribution in [1.29, 1.82) is 0 Å². The van der Waals surface area contributed by atoms with E-state index in [-0.39, 0.29) is 6.04 Å².